The summed E-state index contributed by atoms with van der Waals surface area (Å²) < 4.78 is 0. The van der Waals surface area contributed by atoms with Gasteiger partial charge in [0.25, 0.3) is 17.5 Å². The molecule has 1 atom stereocenters. The number of benzene rings is 2. The van der Waals surface area contributed by atoms with Crippen molar-refractivity contribution in [3.05, 3.63) is 81.9 Å². The second-order valence-corrected chi connectivity index (χ2v) is 6.59. The number of nitro benzene ring substituents is 1. The van der Waals surface area contributed by atoms with E-state index in [9.17, 15) is 19.7 Å². The molecule has 0 aliphatic carbocycles. The molecule has 3 rings (SSSR count). The fourth-order valence-corrected chi connectivity index (χ4v) is 3.34. The third kappa shape index (κ3) is 4.09. The Bertz CT molecular complexity index is 852. The predicted molar refractivity (Wildman–Crippen MR) is 99.1 cm³/mol. The molecule has 0 unspecified atom stereocenters. The topological polar surface area (TPSA) is 92.6 Å². The van der Waals surface area contributed by atoms with E-state index in [2.05, 4.69) is 5.43 Å². The van der Waals surface area contributed by atoms with Gasteiger partial charge in [-0.15, -0.1) is 11.8 Å². The summed E-state index contributed by atoms with van der Waals surface area (Å²) in [6.45, 7) is 0. The maximum atomic E-state index is 12.3. The number of thioether (sulfide) groups is 1. The zero-order chi connectivity index (χ0) is 18.5. The van der Waals surface area contributed by atoms with Gasteiger partial charge in [0.2, 0.25) is 0 Å². The molecule has 1 aliphatic rings. The Morgan fingerprint density at radius 3 is 2.54 bits per heavy atom. The molecule has 0 saturated carbocycles. The Morgan fingerprint density at radius 2 is 1.88 bits per heavy atom. The molecule has 1 N–H and O–H groups in total. The smallest absolute Gasteiger partial charge is 0.269 e. The molecule has 8 heteroatoms. The molecule has 26 heavy (non-hydrogen) atoms. The van der Waals surface area contributed by atoms with E-state index in [0.717, 1.165) is 5.56 Å². The van der Waals surface area contributed by atoms with Crippen LogP contribution in [0.1, 0.15) is 15.9 Å². The largest absolute Gasteiger partial charge is 0.272 e. The van der Waals surface area contributed by atoms with Gasteiger partial charge in [-0.1, -0.05) is 36.4 Å². The van der Waals surface area contributed by atoms with E-state index in [4.69, 9.17) is 0 Å². The van der Waals surface area contributed by atoms with E-state index < -0.39 is 10.8 Å². The van der Waals surface area contributed by atoms with Gasteiger partial charge in [-0.25, -0.2) is 5.01 Å². The van der Waals surface area contributed by atoms with Crippen LogP contribution in [0.4, 0.5) is 5.69 Å². The molecular formula is C18H15N3O4S. The van der Waals surface area contributed by atoms with Crippen LogP contribution >= 0.6 is 11.8 Å². The predicted octanol–water partition coefficient (Wildman–Crippen LogP) is 2.85. The highest BCUT2D eigenvalue weighted by Gasteiger charge is 2.31. The number of carbonyl (C=O) groups excluding carboxylic acids is 2. The number of nitrogens with zero attached hydrogens (tertiary/aromatic N) is 2. The summed E-state index contributed by atoms with van der Waals surface area (Å²) in [5.41, 5.74) is 3.72. The molecule has 1 aliphatic heterocycles. The summed E-state index contributed by atoms with van der Waals surface area (Å²) in [5, 5.41) is 11.6. The first-order chi connectivity index (χ1) is 12.5. The number of hydrogen-bond donors (Lipinski definition) is 1. The standard InChI is InChI=1S/C18H15N3O4S/c22-16-12-26-17(11-6-13-4-2-1-3-5-13)20(16)19-18(23)14-7-9-15(10-8-14)21(24)25/h1-11,17H,12H2,(H,19,23)/b11-6+/t17-/m0/s1. The monoisotopic (exact) mass is 369 g/mol. The third-order valence-electron chi connectivity index (χ3n) is 3.72. The first-order valence-electron chi connectivity index (χ1n) is 7.77. The van der Waals surface area contributed by atoms with Crippen molar-refractivity contribution in [2.75, 3.05) is 5.75 Å². The third-order valence-corrected chi connectivity index (χ3v) is 4.84. The zero-order valence-corrected chi connectivity index (χ0v) is 14.4. The first-order valence-corrected chi connectivity index (χ1v) is 8.82. The summed E-state index contributed by atoms with van der Waals surface area (Å²) in [7, 11) is 0. The number of hydrazine groups is 1. The Balaban J connectivity index is 1.69. The lowest BCUT2D eigenvalue weighted by Crippen LogP contribution is -2.46. The van der Waals surface area contributed by atoms with Crippen LogP contribution in [0.25, 0.3) is 6.08 Å². The Morgan fingerprint density at radius 1 is 1.19 bits per heavy atom. The quantitative estimate of drug-likeness (QED) is 0.646. The molecule has 1 heterocycles. The molecule has 7 nitrogen and oxygen atoms in total. The van der Waals surface area contributed by atoms with Crippen LogP contribution in [0.2, 0.25) is 0 Å². The van der Waals surface area contributed by atoms with Gasteiger partial charge in [-0.2, -0.15) is 0 Å². The molecule has 0 bridgehead atoms. The number of carbonyl (C=O) groups is 2. The maximum Gasteiger partial charge on any atom is 0.269 e. The molecule has 0 spiro atoms. The number of non-ortho nitro benzene ring substituents is 1. The molecule has 1 saturated heterocycles. The van der Waals surface area contributed by atoms with E-state index in [-0.39, 0.29) is 28.3 Å². The lowest BCUT2D eigenvalue weighted by atomic mass is 10.2. The molecule has 2 aromatic carbocycles. The first kappa shape index (κ1) is 17.7. The van der Waals surface area contributed by atoms with Crippen molar-refractivity contribution in [3.8, 4) is 0 Å². The maximum absolute atomic E-state index is 12.3. The van der Waals surface area contributed by atoms with Crippen molar-refractivity contribution < 1.29 is 14.5 Å². The summed E-state index contributed by atoms with van der Waals surface area (Å²) in [4.78, 5) is 34.6. The zero-order valence-electron chi connectivity index (χ0n) is 13.6. The van der Waals surface area contributed by atoms with E-state index >= 15 is 0 Å². The van der Waals surface area contributed by atoms with Crippen molar-refractivity contribution >= 4 is 35.3 Å². The van der Waals surface area contributed by atoms with E-state index in [1.165, 1.54) is 41.0 Å². The molecule has 2 aromatic rings. The summed E-state index contributed by atoms with van der Waals surface area (Å²) in [6.07, 6.45) is 3.74. The highest BCUT2D eigenvalue weighted by Crippen LogP contribution is 2.25. The number of amides is 2. The minimum Gasteiger partial charge on any atom is -0.272 e. The summed E-state index contributed by atoms with van der Waals surface area (Å²) in [5.74, 6) is -0.425. The molecule has 132 valence electrons. The number of rotatable bonds is 5. The average molecular weight is 369 g/mol. The highest BCUT2D eigenvalue weighted by molar-refractivity contribution is 8.01. The lowest BCUT2D eigenvalue weighted by Gasteiger charge is -2.22. The Labute approximate surface area is 153 Å². The van der Waals surface area contributed by atoms with E-state index in [1.807, 2.05) is 42.5 Å². The number of hydrogen-bond acceptors (Lipinski definition) is 5. The van der Waals surface area contributed by atoms with Crippen molar-refractivity contribution in [3.63, 3.8) is 0 Å². The van der Waals surface area contributed by atoms with E-state index in [1.54, 1.807) is 0 Å². The molecule has 2 amide bonds. The lowest BCUT2D eigenvalue weighted by molar-refractivity contribution is -0.384. The minimum atomic E-state index is -0.535. The molecular weight excluding hydrogens is 354 g/mol. The summed E-state index contributed by atoms with van der Waals surface area (Å²) >= 11 is 1.41. The second-order valence-electron chi connectivity index (χ2n) is 5.48. The number of nitrogens with one attached hydrogen (secondary N) is 1. The Kier molecular flexibility index (Phi) is 5.33. The molecule has 1 fully saturated rings. The van der Waals surface area contributed by atoms with E-state index in [0.29, 0.717) is 0 Å². The fourth-order valence-electron chi connectivity index (χ4n) is 2.38. The molecule has 0 radical (unpaired) electrons. The van der Waals surface area contributed by atoms with Crippen LogP contribution in [-0.4, -0.2) is 32.9 Å². The van der Waals surface area contributed by atoms with Crippen molar-refractivity contribution in [1.29, 1.82) is 0 Å². The SMILES string of the molecule is O=C(NN1C(=O)CS[C@H]1/C=C/c1ccccc1)c1ccc([N+](=O)[O-])cc1. The van der Waals surface area contributed by atoms with Crippen LogP contribution in [0, 0.1) is 10.1 Å². The van der Waals surface area contributed by atoms with Gasteiger partial charge in [-0.05, 0) is 23.8 Å². The summed E-state index contributed by atoms with van der Waals surface area (Å²) in [6, 6.07) is 14.9. The average Bonchev–Trinajstić information content (AvgIpc) is 3.00. The van der Waals surface area contributed by atoms with Crippen LogP contribution < -0.4 is 5.43 Å². The van der Waals surface area contributed by atoms with Gasteiger partial charge >= 0.3 is 0 Å². The molecule has 0 aromatic heterocycles. The second kappa shape index (κ2) is 7.83. The van der Waals surface area contributed by atoms with Gasteiger partial charge in [-0.3, -0.25) is 25.1 Å². The highest BCUT2D eigenvalue weighted by atomic mass is 32.2. The van der Waals surface area contributed by atoms with Gasteiger partial charge in [0.15, 0.2) is 0 Å². The van der Waals surface area contributed by atoms with Gasteiger partial charge in [0, 0.05) is 17.7 Å². The number of nitro groups is 1. The van der Waals surface area contributed by atoms with Gasteiger partial charge in [0.1, 0.15) is 5.37 Å². The fraction of sp³-hybridized carbons (Fsp3) is 0.111. The minimum absolute atomic E-state index is 0.0991. The van der Waals surface area contributed by atoms with Crippen molar-refractivity contribution in [1.82, 2.24) is 10.4 Å². The van der Waals surface area contributed by atoms with Crippen molar-refractivity contribution in [2.24, 2.45) is 0 Å². The van der Waals surface area contributed by atoms with Gasteiger partial charge in [0.05, 0.1) is 10.7 Å². The van der Waals surface area contributed by atoms with Crippen LogP contribution in [0.3, 0.4) is 0 Å². The van der Waals surface area contributed by atoms with Crippen molar-refractivity contribution in [2.45, 2.75) is 5.37 Å². The van der Waals surface area contributed by atoms with Crippen LogP contribution in [0.5, 0.6) is 0 Å². The van der Waals surface area contributed by atoms with Gasteiger partial charge < -0.3 is 0 Å². The normalized spacial score (nSPS) is 16.8. The van der Waals surface area contributed by atoms with Crippen LogP contribution in [-0.2, 0) is 4.79 Å². The Hall–Kier alpha value is -3.13. The van der Waals surface area contributed by atoms with Crippen LogP contribution in [0.15, 0.2) is 60.7 Å².